The van der Waals surface area contributed by atoms with Crippen LogP contribution < -0.4 is 11.1 Å². The number of furan rings is 1. The van der Waals surface area contributed by atoms with Crippen LogP contribution in [0.15, 0.2) is 38.9 Å². The van der Waals surface area contributed by atoms with Gasteiger partial charge >= 0.3 is 12.1 Å². The summed E-state index contributed by atoms with van der Waals surface area (Å²) in [5.74, 6) is -2.49. The fraction of sp³-hybridized carbons (Fsp3) is 0.312. The SMILES string of the molecule is CO/N=C(/C(=O)N[C@@H]1C(=O)N2C(C(=O)O)C(COC(N)=O)=CS[C@H]12)c1ccco1. The van der Waals surface area contributed by atoms with E-state index in [1.54, 1.807) is 6.07 Å². The highest BCUT2D eigenvalue weighted by Crippen LogP contribution is 2.40. The van der Waals surface area contributed by atoms with Crippen LogP contribution in [0.4, 0.5) is 4.79 Å². The number of aliphatic carboxylic acids is 1. The zero-order chi connectivity index (χ0) is 21.1. The molecule has 3 atom stereocenters. The molecule has 29 heavy (non-hydrogen) atoms. The lowest BCUT2D eigenvalue weighted by Gasteiger charge is -2.51. The molecule has 1 unspecified atom stereocenters. The quantitative estimate of drug-likeness (QED) is 0.295. The summed E-state index contributed by atoms with van der Waals surface area (Å²) in [7, 11) is 1.25. The first-order valence-corrected chi connectivity index (χ1v) is 9.07. The van der Waals surface area contributed by atoms with Gasteiger partial charge in [0.25, 0.3) is 5.91 Å². The van der Waals surface area contributed by atoms with E-state index < -0.39 is 41.3 Å². The molecular weight excluding hydrogens is 408 g/mol. The van der Waals surface area contributed by atoms with Crippen LogP contribution in [-0.2, 0) is 24.0 Å². The molecule has 1 saturated heterocycles. The van der Waals surface area contributed by atoms with E-state index in [0.29, 0.717) is 0 Å². The second-order valence-electron chi connectivity index (χ2n) is 5.86. The molecule has 0 bridgehead atoms. The first kappa shape index (κ1) is 20.3. The van der Waals surface area contributed by atoms with E-state index in [4.69, 9.17) is 10.2 Å². The molecular formula is C16H16N4O8S. The van der Waals surface area contributed by atoms with Crippen molar-refractivity contribution in [3.05, 3.63) is 35.1 Å². The third-order valence-corrected chi connectivity index (χ3v) is 5.34. The lowest BCUT2D eigenvalue weighted by molar-refractivity contribution is -0.160. The number of carboxylic acids is 1. The second-order valence-corrected chi connectivity index (χ2v) is 6.86. The van der Waals surface area contributed by atoms with Gasteiger partial charge in [0, 0.05) is 5.57 Å². The first-order chi connectivity index (χ1) is 13.8. The number of hydrogen-bond donors (Lipinski definition) is 3. The summed E-state index contributed by atoms with van der Waals surface area (Å²) in [6.07, 6.45) is 0.281. The molecule has 3 rings (SSSR count). The number of nitrogens with zero attached hydrogens (tertiary/aromatic N) is 2. The molecule has 0 spiro atoms. The minimum Gasteiger partial charge on any atom is -0.479 e. The maximum Gasteiger partial charge on any atom is 0.404 e. The van der Waals surface area contributed by atoms with Crippen molar-refractivity contribution in [2.24, 2.45) is 10.9 Å². The number of fused-ring (bicyclic) bond motifs is 1. The Morgan fingerprint density at radius 3 is 2.79 bits per heavy atom. The zero-order valence-corrected chi connectivity index (χ0v) is 15.8. The van der Waals surface area contributed by atoms with Crippen LogP contribution >= 0.6 is 11.8 Å². The Labute approximate surface area is 167 Å². The Morgan fingerprint density at radius 2 is 2.21 bits per heavy atom. The summed E-state index contributed by atoms with van der Waals surface area (Å²) in [5, 5.41) is 16.5. The second kappa shape index (κ2) is 8.26. The van der Waals surface area contributed by atoms with Crippen LogP contribution in [0.1, 0.15) is 5.76 Å². The third kappa shape index (κ3) is 3.89. The molecule has 0 aliphatic carbocycles. The third-order valence-electron chi connectivity index (χ3n) is 4.12. The molecule has 1 aromatic rings. The van der Waals surface area contributed by atoms with Gasteiger partial charge in [0.05, 0.1) is 6.26 Å². The van der Waals surface area contributed by atoms with Crippen molar-refractivity contribution in [1.82, 2.24) is 10.2 Å². The Kier molecular flexibility index (Phi) is 5.77. The van der Waals surface area contributed by atoms with Crippen molar-refractivity contribution in [2.75, 3.05) is 13.7 Å². The standard InChI is InChI=1S/C16H16N4O8S/c1-26-19-9(8-3-2-4-27-8)12(21)18-10-13(22)20-11(15(23)24)7(5-28-16(17)25)6-29-14(10)20/h2-4,6,10-11,14H,5H2,1H3,(H2,17,25)(H,18,21)(H,23,24)/b19-9+/t10-,11?,14-/m1/s1. The van der Waals surface area contributed by atoms with Gasteiger partial charge in [-0.1, -0.05) is 5.16 Å². The van der Waals surface area contributed by atoms with Crippen molar-refractivity contribution in [1.29, 1.82) is 0 Å². The van der Waals surface area contributed by atoms with Gasteiger partial charge in [-0.2, -0.15) is 0 Å². The number of nitrogens with two attached hydrogens (primary N) is 1. The van der Waals surface area contributed by atoms with Crippen molar-refractivity contribution in [3.8, 4) is 0 Å². The molecule has 4 N–H and O–H groups in total. The minimum atomic E-state index is -1.33. The summed E-state index contributed by atoms with van der Waals surface area (Å²) < 4.78 is 9.78. The highest BCUT2D eigenvalue weighted by molar-refractivity contribution is 8.02. The molecule has 0 radical (unpaired) electrons. The molecule has 1 fully saturated rings. The van der Waals surface area contributed by atoms with E-state index in [2.05, 4.69) is 20.0 Å². The lowest BCUT2D eigenvalue weighted by Crippen LogP contribution is -2.74. The van der Waals surface area contributed by atoms with Crippen LogP contribution in [0.5, 0.6) is 0 Å². The molecule has 3 amide bonds. The number of oxime groups is 1. The maximum atomic E-state index is 12.6. The molecule has 2 aliphatic rings. The smallest absolute Gasteiger partial charge is 0.404 e. The number of rotatable bonds is 7. The summed E-state index contributed by atoms with van der Waals surface area (Å²) >= 11 is 1.11. The van der Waals surface area contributed by atoms with Crippen LogP contribution in [0, 0.1) is 0 Å². The number of primary amides is 1. The number of thioether (sulfide) groups is 1. The van der Waals surface area contributed by atoms with Crippen molar-refractivity contribution < 1.29 is 38.3 Å². The fourth-order valence-electron chi connectivity index (χ4n) is 2.90. The van der Waals surface area contributed by atoms with Crippen molar-refractivity contribution in [2.45, 2.75) is 17.5 Å². The Hall–Kier alpha value is -3.48. The van der Waals surface area contributed by atoms with Crippen LogP contribution in [0.2, 0.25) is 0 Å². The van der Waals surface area contributed by atoms with Gasteiger partial charge < -0.3 is 35.0 Å². The largest absolute Gasteiger partial charge is 0.479 e. The molecule has 2 aliphatic heterocycles. The molecule has 13 heteroatoms. The van der Waals surface area contributed by atoms with E-state index >= 15 is 0 Å². The monoisotopic (exact) mass is 424 g/mol. The van der Waals surface area contributed by atoms with E-state index in [9.17, 15) is 24.3 Å². The summed E-state index contributed by atoms with van der Waals surface area (Å²) in [5.41, 5.74) is 4.92. The molecule has 0 saturated carbocycles. The average molecular weight is 424 g/mol. The van der Waals surface area contributed by atoms with E-state index in [1.807, 2.05) is 0 Å². The number of carbonyl (C=O) groups excluding carboxylic acids is 3. The van der Waals surface area contributed by atoms with E-state index in [-0.39, 0.29) is 23.7 Å². The Bertz CT molecular complexity index is 897. The fourth-order valence-corrected chi connectivity index (χ4v) is 4.10. The van der Waals surface area contributed by atoms with Crippen LogP contribution in [-0.4, -0.2) is 70.8 Å². The number of carbonyl (C=O) groups is 4. The van der Waals surface area contributed by atoms with Crippen LogP contribution in [0.3, 0.4) is 0 Å². The number of β-lactam (4-membered cyclic amide) rings is 1. The van der Waals surface area contributed by atoms with Gasteiger partial charge in [-0.05, 0) is 17.5 Å². The normalized spacial score (nSPS) is 23.4. The van der Waals surface area contributed by atoms with Gasteiger partial charge in [0.2, 0.25) is 11.6 Å². The lowest BCUT2D eigenvalue weighted by atomic mass is 9.98. The summed E-state index contributed by atoms with van der Waals surface area (Å²) in [4.78, 5) is 53.3. The van der Waals surface area contributed by atoms with Crippen LogP contribution in [0.25, 0.3) is 0 Å². The predicted octanol–water partition coefficient (Wildman–Crippen LogP) is -0.538. The van der Waals surface area contributed by atoms with E-state index in [0.717, 1.165) is 16.7 Å². The average Bonchev–Trinajstić information content (AvgIpc) is 3.21. The molecule has 3 heterocycles. The Morgan fingerprint density at radius 1 is 1.45 bits per heavy atom. The van der Waals surface area contributed by atoms with Gasteiger partial charge in [0.15, 0.2) is 11.8 Å². The van der Waals surface area contributed by atoms with Crippen molar-refractivity contribution in [3.63, 3.8) is 0 Å². The van der Waals surface area contributed by atoms with E-state index in [1.165, 1.54) is 24.8 Å². The Balaban J connectivity index is 1.75. The number of carboxylic acid groups (broad SMARTS) is 1. The summed E-state index contributed by atoms with van der Waals surface area (Å²) in [6, 6.07) is 0.731. The predicted molar refractivity (Wildman–Crippen MR) is 97.5 cm³/mol. The van der Waals surface area contributed by atoms with Gasteiger partial charge in [-0.3, -0.25) is 9.59 Å². The van der Waals surface area contributed by atoms with Gasteiger partial charge in [0.1, 0.15) is 25.1 Å². The van der Waals surface area contributed by atoms with Gasteiger partial charge in [-0.15, -0.1) is 11.8 Å². The number of nitrogens with one attached hydrogen (secondary N) is 1. The first-order valence-electron chi connectivity index (χ1n) is 8.12. The maximum absolute atomic E-state index is 12.6. The minimum absolute atomic E-state index is 0.137. The highest BCUT2D eigenvalue weighted by Gasteiger charge is 2.56. The topological polar surface area (TPSA) is 174 Å². The number of ether oxygens (including phenoxy) is 1. The number of hydrogen-bond acceptors (Lipinski definition) is 9. The molecule has 12 nitrogen and oxygen atoms in total. The summed E-state index contributed by atoms with van der Waals surface area (Å²) in [6.45, 7) is -0.365. The number of amides is 3. The van der Waals surface area contributed by atoms with Gasteiger partial charge in [-0.25, -0.2) is 9.59 Å². The zero-order valence-electron chi connectivity index (χ0n) is 14.9. The molecule has 154 valence electrons. The molecule has 0 aromatic carbocycles. The van der Waals surface area contributed by atoms with Crippen molar-refractivity contribution >= 4 is 41.4 Å². The highest BCUT2D eigenvalue weighted by atomic mass is 32.2. The molecule has 1 aromatic heterocycles.